The zero-order chi connectivity index (χ0) is 15.6. The van der Waals surface area contributed by atoms with Crippen LogP contribution in [0.25, 0.3) is 11.3 Å². The van der Waals surface area contributed by atoms with E-state index in [0.29, 0.717) is 4.77 Å². The van der Waals surface area contributed by atoms with Crippen LogP contribution in [0.2, 0.25) is 0 Å². The lowest BCUT2D eigenvalue weighted by molar-refractivity contribution is 0.242. The number of hydrogen-bond acceptors (Lipinski definition) is 5. The summed E-state index contributed by atoms with van der Waals surface area (Å²) in [6.07, 6.45) is 4.87. The molecule has 0 saturated heterocycles. The van der Waals surface area contributed by atoms with Crippen molar-refractivity contribution in [3.63, 3.8) is 0 Å². The Morgan fingerprint density at radius 2 is 2.17 bits per heavy atom. The molecule has 3 aromatic rings. The van der Waals surface area contributed by atoms with Gasteiger partial charge in [-0.25, -0.2) is 4.98 Å². The van der Waals surface area contributed by atoms with Crippen molar-refractivity contribution >= 4 is 23.6 Å². The number of rotatable bonds is 3. The van der Waals surface area contributed by atoms with Gasteiger partial charge in [-0.3, -0.25) is 9.88 Å². The number of nitrogens with one attached hydrogen (secondary N) is 1. The summed E-state index contributed by atoms with van der Waals surface area (Å²) in [7, 11) is 0. The predicted molar refractivity (Wildman–Crippen MR) is 94.8 cm³/mol. The summed E-state index contributed by atoms with van der Waals surface area (Å²) < 4.78 is 0.574. The Morgan fingerprint density at radius 3 is 2.96 bits per heavy atom. The Hall–Kier alpha value is -1.89. The smallest absolute Gasteiger partial charge is 0.196 e. The number of nitrogens with zero attached hydrogens (tertiary/aromatic N) is 3. The Labute approximate surface area is 143 Å². The van der Waals surface area contributed by atoms with Gasteiger partial charge in [0.25, 0.3) is 0 Å². The molecule has 0 amide bonds. The number of aromatic nitrogens is 3. The second-order valence-corrected chi connectivity index (χ2v) is 6.88. The second kappa shape index (κ2) is 6.31. The quantitative estimate of drug-likeness (QED) is 0.736. The van der Waals surface area contributed by atoms with E-state index in [4.69, 9.17) is 12.2 Å². The van der Waals surface area contributed by atoms with Crippen LogP contribution in [0.5, 0.6) is 0 Å². The molecule has 1 aliphatic heterocycles. The summed E-state index contributed by atoms with van der Waals surface area (Å²) in [5.41, 5.74) is 5.94. The summed E-state index contributed by atoms with van der Waals surface area (Å²) in [5.74, 6) is 0. The van der Waals surface area contributed by atoms with Gasteiger partial charge in [0.15, 0.2) is 4.77 Å². The molecule has 116 valence electrons. The molecule has 0 atom stereocenters. The molecule has 4 heterocycles. The van der Waals surface area contributed by atoms with Gasteiger partial charge in [0.1, 0.15) is 0 Å². The fourth-order valence-corrected chi connectivity index (χ4v) is 3.72. The zero-order valence-electron chi connectivity index (χ0n) is 12.5. The molecule has 0 unspecified atom stereocenters. The maximum Gasteiger partial charge on any atom is 0.196 e. The van der Waals surface area contributed by atoms with Crippen LogP contribution in [0.4, 0.5) is 0 Å². The second-order valence-electron chi connectivity index (χ2n) is 5.72. The molecule has 0 spiro atoms. The van der Waals surface area contributed by atoms with Crippen LogP contribution in [0, 0.1) is 4.77 Å². The van der Waals surface area contributed by atoms with E-state index >= 15 is 0 Å². The highest BCUT2D eigenvalue weighted by Gasteiger charge is 2.17. The predicted octanol–water partition coefficient (Wildman–Crippen LogP) is 3.82. The monoisotopic (exact) mass is 340 g/mol. The Balaban J connectivity index is 1.46. The third-order valence-electron chi connectivity index (χ3n) is 4.10. The van der Waals surface area contributed by atoms with Crippen LogP contribution in [-0.2, 0) is 19.5 Å². The van der Waals surface area contributed by atoms with Gasteiger partial charge >= 0.3 is 0 Å². The molecule has 4 rings (SSSR count). The first-order chi connectivity index (χ1) is 11.3. The molecule has 0 aromatic carbocycles. The Morgan fingerprint density at radius 1 is 1.22 bits per heavy atom. The molecule has 1 N–H and O–H groups in total. The van der Waals surface area contributed by atoms with E-state index in [1.807, 2.05) is 12.4 Å². The first-order valence-electron chi connectivity index (χ1n) is 7.55. The third-order valence-corrected chi connectivity index (χ3v) is 4.99. The summed E-state index contributed by atoms with van der Waals surface area (Å²) in [4.78, 5) is 14.4. The van der Waals surface area contributed by atoms with Gasteiger partial charge in [-0.15, -0.1) is 0 Å². The van der Waals surface area contributed by atoms with E-state index in [2.05, 4.69) is 48.8 Å². The van der Waals surface area contributed by atoms with E-state index in [-0.39, 0.29) is 0 Å². The molecule has 0 radical (unpaired) electrons. The molecule has 1 aliphatic rings. The minimum absolute atomic E-state index is 0.574. The molecule has 3 aromatic heterocycles. The average molecular weight is 340 g/mol. The molecule has 0 saturated carbocycles. The van der Waals surface area contributed by atoms with Crippen LogP contribution in [-0.4, -0.2) is 26.4 Å². The van der Waals surface area contributed by atoms with Crippen molar-refractivity contribution in [2.75, 3.05) is 6.54 Å². The van der Waals surface area contributed by atoms with Gasteiger partial charge < -0.3 is 4.98 Å². The molecule has 23 heavy (non-hydrogen) atoms. The lowest BCUT2D eigenvalue weighted by Gasteiger charge is -2.28. The zero-order valence-corrected chi connectivity index (χ0v) is 14.2. The van der Waals surface area contributed by atoms with Crippen molar-refractivity contribution in [2.24, 2.45) is 0 Å². The molecule has 6 heteroatoms. The molecular formula is C17H16N4S2. The van der Waals surface area contributed by atoms with Gasteiger partial charge in [-0.1, -0.05) is 6.07 Å². The third kappa shape index (κ3) is 3.24. The normalized spacial score (nSPS) is 14.6. The van der Waals surface area contributed by atoms with Crippen molar-refractivity contribution in [1.29, 1.82) is 0 Å². The van der Waals surface area contributed by atoms with E-state index in [1.54, 1.807) is 11.3 Å². The van der Waals surface area contributed by atoms with Crippen molar-refractivity contribution in [1.82, 2.24) is 19.9 Å². The van der Waals surface area contributed by atoms with Gasteiger partial charge in [0.2, 0.25) is 0 Å². The van der Waals surface area contributed by atoms with Crippen LogP contribution >= 0.6 is 23.6 Å². The van der Waals surface area contributed by atoms with Gasteiger partial charge in [-0.05, 0) is 35.3 Å². The Bertz CT molecular complexity index is 853. The highest BCUT2D eigenvalue weighted by atomic mass is 32.1. The van der Waals surface area contributed by atoms with Crippen molar-refractivity contribution in [3.8, 4) is 11.3 Å². The van der Waals surface area contributed by atoms with E-state index < -0.39 is 0 Å². The molecule has 0 bridgehead atoms. The Kier molecular flexibility index (Phi) is 4.03. The van der Waals surface area contributed by atoms with Gasteiger partial charge in [0.05, 0.1) is 5.69 Å². The summed E-state index contributed by atoms with van der Waals surface area (Å²) in [6, 6.07) is 6.38. The SMILES string of the molecule is S=c1ncc2c([nH]1)CCN(Cc1ccc(-c3ccsc3)nc1)C2. The van der Waals surface area contributed by atoms with E-state index in [0.717, 1.165) is 31.7 Å². The van der Waals surface area contributed by atoms with Crippen LogP contribution in [0.1, 0.15) is 16.8 Å². The standard InChI is InChI=1S/C17H16N4S2/c22-17-19-8-14-10-21(5-3-16(14)20-17)9-12-1-2-15(18-7-12)13-4-6-23-11-13/h1-2,4,6-8,11H,3,5,9-10H2,(H,19,20,22). The number of H-pyrrole nitrogens is 1. The van der Waals surface area contributed by atoms with E-state index in [9.17, 15) is 0 Å². The summed E-state index contributed by atoms with van der Waals surface area (Å²) in [5, 5.41) is 4.20. The number of thiophene rings is 1. The highest BCUT2D eigenvalue weighted by molar-refractivity contribution is 7.71. The number of pyridine rings is 1. The maximum absolute atomic E-state index is 5.09. The summed E-state index contributed by atoms with van der Waals surface area (Å²) in [6.45, 7) is 2.83. The molecule has 0 fully saturated rings. The lowest BCUT2D eigenvalue weighted by Crippen LogP contribution is -2.30. The lowest BCUT2D eigenvalue weighted by atomic mass is 10.1. The largest absolute Gasteiger partial charge is 0.334 e. The van der Waals surface area contributed by atoms with Crippen LogP contribution in [0.3, 0.4) is 0 Å². The first-order valence-corrected chi connectivity index (χ1v) is 8.90. The molecular weight excluding hydrogens is 324 g/mol. The number of aromatic amines is 1. The van der Waals surface area contributed by atoms with Crippen molar-refractivity contribution in [3.05, 3.63) is 62.9 Å². The molecule has 4 nitrogen and oxygen atoms in total. The topological polar surface area (TPSA) is 44.8 Å². The average Bonchev–Trinajstić information content (AvgIpc) is 3.10. The van der Waals surface area contributed by atoms with Crippen molar-refractivity contribution < 1.29 is 0 Å². The van der Waals surface area contributed by atoms with Gasteiger partial charge in [0, 0.05) is 60.6 Å². The number of hydrogen-bond donors (Lipinski definition) is 1. The minimum Gasteiger partial charge on any atom is -0.334 e. The van der Waals surface area contributed by atoms with E-state index in [1.165, 1.54) is 22.4 Å². The van der Waals surface area contributed by atoms with Crippen LogP contribution < -0.4 is 0 Å². The fourth-order valence-electron chi connectivity index (χ4n) is 2.90. The van der Waals surface area contributed by atoms with Gasteiger partial charge in [-0.2, -0.15) is 11.3 Å². The molecule has 0 aliphatic carbocycles. The maximum atomic E-state index is 5.09. The number of fused-ring (bicyclic) bond motifs is 1. The summed E-state index contributed by atoms with van der Waals surface area (Å²) >= 11 is 6.79. The fraction of sp³-hybridized carbons (Fsp3) is 0.235. The van der Waals surface area contributed by atoms with Crippen molar-refractivity contribution in [2.45, 2.75) is 19.5 Å². The van der Waals surface area contributed by atoms with Crippen LogP contribution in [0.15, 0.2) is 41.4 Å². The first kappa shape index (κ1) is 14.7. The highest BCUT2D eigenvalue weighted by Crippen LogP contribution is 2.21. The minimum atomic E-state index is 0.574.